The highest BCUT2D eigenvalue weighted by atomic mass is 16.6. The van der Waals surface area contributed by atoms with Gasteiger partial charge < -0.3 is 29.5 Å². The summed E-state index contributed by atoms with van der Waals surface area (Å²) in [6.07, 6.45) is 3.29. The fourth-order valence-corrected chi connectivity index (χ4v) is 7.18. The van der Waals surface area contributed by atoms with Gasteiger partial charge in [0.05, 0.1) is 37.7 Å². The van der Waals surface area contributed by atoms with Gasteiger partial charge in [0.1, 0.15) is 0 Å². The zero-order valence-electron chi connectivity index (χ0n) is 28.1. The minimum Gasteiger partial charge on any atom is -0.441 e. The van der Waals surface area contributed by atoms with Gasteiger partial charge in [0, 0.05) is 49.7 Å². The highest BCUT2D eigenvalue weighted by Gasteiger charge is 2.53. The molecule has 2 unspecified atom stereocenters. The molecular weight excluding hydrogens is 648 g/mol. The van der Waals surface area contributed by atoms with Crippen LogP contribution in [0.5, 0.6) is 0 Å². The molecule has 264 valence electrons. The number of rotatable bonds is 11. The molecule has 0 spiro atoms. The highest BCUT2D eigenvalue weighted by Crippen LogP contribution is 2.48. The smallest absolute Gasteiger partial charge is 0.304 e. The van der Waals surface area contributed by atoms with Gasteiger partial charge in [-0.25, -0.2) is 0 Å². The zero-order chi connectivity index (χ0) is 35.9. The van der Waals surface area contributed by atoms with E-state index in [1.807, 2.05) is 0 Å². The van der Waals surface area contributed by atoms with Crippen molar-refractivity contribution in [2.45, 2.75) is 83.5 Å². The van der Waals surface area contributed by atoms with Crippen LogP contribution in [0, 0.1) is 5.92 Å². The van der Waals surface area contributed by atoms with Crippen LogP contribution in [0.25, 0.3) is 0 Å². The number of hydrogen-bond acceptors (Lipinski definition) is 10. The van der Waals surface area contributed by atoms with Crippen LogP contribution < -0.4 is 14.7 Å². The number of nitrogens with zero attached hydrogens (tertiary/aromatic N) is 4. The first-order chi connectivity index (χ1) is 23.8. The molecule has 14 heteroatoms. The first-order valence-corrected chi connectivity index (χ1v) is 16.7. The third kappa shape index (κ3) is 6.24. The number of carbonyl (C=O) groups excluding carboxylic acids is 6. The van der Waals surface area contributed by atoms with Crippen LogP contribution in [0.4, 0.5) is 17.1 Å². The van der Waals surface area contributed by atoms with Gasteiger partial charge in [-0.1, -0.05) is 31.2 Å². The van der Waals surface area contributed by atoms with E-state index in [0.717, 1.165) is 12.8 Å². The number of carbonyl (C=O) groups is 6. The number of β-lactam (4-membered cyclic amide) rings is 2. The van der Waals surface area contributed by atoms with Gasteiger partial charge in [0.2, 0.25) is 17.7 Å². The number of esters is 2. The van der Waals surface area contributed by atoms with Gasteiger partial charge in [-0.3, -0.25) is 38.6 Å². The van der Waals surface area contributed by atoms with Crippen LogP contribution in [-0.4, -0.2) is 82.3 Å². The molecular formula is C36H40N4O10. The molecule has 3 fully saturated rings. The van der Waals surface area contributed by atoms with E-state index < -0.39 is 41.8 Å². The Balaban J connectivity index is 1.30. The third-order valence-electron chi connectivity index (χ3n) is 9.76. The van der Waals surface area contributed by atoms with Crippen molar-refractivity contribution in [3.63, 3.8) is 0 Å². The van der Waals surface area contributed by atoms with E-state index in [4.69, 9.17) is 9.47 Å². The van der Waals surface area contributed by atoms with Crippen LogP contribution in [0.3, 0.4) is 0 Å². The van der Waals surface area contributed by atoms with Crippen molar-refractivity contribution in [1.29, 1.82) is 0 Å². The minimum atomic E-state index is -2.11. The molecule has 0 bridgehead atoms. The lowest BCUT2D eigenvalue weighted by Crippen LogP contribution is -2.55. The van der Waals surface area contributed by atoms with Crippen LogP contribution in [-0.2, 0) is 50.4 Å². The Morgan fingerprint density at radius 2 is 1.60 bits per heavy atom. The molecule has 4 aliphatic rings. The van der Waals surface area contributed by atoms with Crippen LogP contribution in [0.15, 0.2) is 54.6 Å². The number of benzene rings is 2. The Hall–Kier alpha value is -5.08. The van der Waals surface area contributed by atoms with E-state index in [-0.39, 0.29) is 61.7 Å². The first kappa shape index (κ1) is 34.8. The number of anilines is 3. The number of amides is 4. The Bertz CT molecular complexity index is 1780. The predicted molar refractivity (Wildman–Crippen MR) is 178 cm³/mol. The molecule has 2 N–H and O–H groups in total. The van der Waals surface area contributed by atoms with Crippen molar-refractivity contribution in [3.8, 4) is 0 Å². The van der Waals surface area contributed by atoms with E-state index in [1.54, 1.807) is 66.4 Å². The maximum Gasteiger partial charge on any atom is 0.304 e. The molecule has 4 heterocycles. The van der Waals surface area contributed by atoms with Crippen molar-refractivity contribution < 1.29 is 48.5 Å². The monoisotopic (exact) mass is 688 g/mol. The van der Waals surface area contributed by atoms with Crippen molar-refractivity contribution in [3.05, 3.63) is 65.7 Å². The molecule has 5 atom stereocenters. The Morgan fingerprint density at radius 1 is 0.960 bits per heavy atom. The van der Waals surface area contributed by atoms with Gasteiger partial charge in [0.25, 0.3) is 5.91 Å². The maximum atomic E-state index is 14.3. The zero-order valence-corrected chi connectivity index (χ0v) is 28.1. The normalized spacial score (nSPS) is 25.1. The quantitative estimate of drug-likeness (QED) is 0.203. The van der Waals surface area contributed by atoms with Crippen molar-refractivity contribution in [2.24, 2.45) is 5.92 Å². The molecule has 0 aliphatic carbocycles. The van der Waals surface area contributed by atoms with Crippen molar-refractivity contribution >= 4 is 52.6 Å². The Kier molecular flexibility index (Phi) is 9.51. The number of aliphatic hydroxyl groups is 2. The summed E-state index contributed by atoms with van der Waals surface area (Å²) < 4.78 is 10.5. The largest absolute Gasteiger partial charge is 0.441 e. The minimum absolute atomic E-state index is 0.00148. The molecule has 4 amide bonds. The summed E-state index contributed by atoms with van der Waals surface area (Å²) in [4.78, 5) is 81.3. The van der Waals surface area contributed by atoms with Gasteiger partial charge in [-0.15, -0.1) is 0 Å². The molecule has 50 heavy (non-hydrogen) atoms. The van der Waals surface area contributed by atoms with E-state index in [2.05, 4.69) is 0 Å². The van der Waals surface area contributed by atoms with E-state index in [9.17, 15) is 39.0 Å². The Morgan fingerprint density at radius 3 is 2.20 bits per heavy atom. The fraction of sp³-hybridized carbons (Fsp3) is 0.444. The first-order valence-electron chi connectivity index (χ1n) is 16.7. The lowest BCUT2D eigenvalue weighted by molar-refractivity contribution is -0.155. The molecule has 0 radical (unpaired) electrons. The van der Waals surface area contributed by atoms with Crippen LogP contribution >= 0.6 is 0 Å². The number of hydrogen-bond donors (Lipinski definition) is 2. The molecule has 2 aromatic carbocycles. The summed E-state index contributed by atoms with van der Waals surface area (Å²) in [7, 11) is 0. The number of ether oxygens (including phenoxy) is 2. The maximum absolute atomic E-state index is 14.3. The average molecular weight is 689 g/mol. The number of fused-ring (bicyclic) bond motifs is 1. The highest BCUT2D eigenvalue weighted by molar-refractivity contribution is 6.09. The fourth-order valence-electron chi connectivity index (χ4n) is 7.18. The van der Waals surface area contributed by atoms with E-state index in [0.29, 0.717) is 29.2 Å². The molecule has 0 aromatic heterocycles. The van der Waals surface area contributed by atoms with Crippen molar-refractivity contribution in [1.82, 2.24) is 4.90 Å². The second kappa shape index (κ2) is 13.7. The van der Waals surface area contributed by atoms with Crippen LogP contribution in [0.2, 0.25) is 0 Å². The summed E-state index contributed by atoms with van der Waals surface area (Å²) in [5.41, 5.74) is -0.0405. The topological polar surface area (TPSA) is 174 Å². The lowest BCUT2D eigenvalue weighted by atomic mass is 9.82. The second-order valence-electron chi connectivity index (χ2n) is 13.1. The molecule has 4 aliphatic heterocycles. The number of aliphatic hydroxyl groups excluding tert-OH is 1. The van der Waals surface area contributed by atoms with Gasteiger partial charge >= 0.3 is 11.9 Å². The standard InChI is InChI=1S/C36H40N4O10/c1-21(7-4-11-30(44)37-14-6-10-27(37)20-41)36(48)28-16-26(40-32(46)18-34(40)50-23(3)43)12-13-29(28)38(35(36)47)19-24-8-5-9-25(15-24)39-31(45)17-33(39)49-22(2)42/h4-5,7-9,12-13,15-16,21,27,33-34,41,48H,6,10-11,14,17-20H2,1-3H3/b7-4+/t21-,27+,33?,34?,36+/m1/s1. The summed E-state index contributed by atoms with van der Waals surface area (Å²) >= 11 is 0. The Labute approximate surface area is 288 Å². The van der Waals surface area contributed by atoms with Gasteiger partial charge in [0.15, 0.2) is 18.1 Å². The number of likely N-dealkylation sites (tertiary alicyclic amines) is 1. The molecule has 6 rings (SSSR count). The van der Waals surface area contributed by atoms with E-state index in [1.165, 1.54) is 28.5 Å². The van der Waals surface area contributed by atoms with Crippen LogP contribution in [0.1, 0.15) is 64.0 Å². The second-order valence-corrected chi connectivity index (χ2v) is 13.1. The van der Waals surface area contributed by atoms with Gasteiger partial charge in [-0.05, 0) is 48.7 Å². The summed E-state index contributed by atoms with van der Waals surface area (Å²) in [5.74, 6) is -3.22. The molecule has 14 nitrogen and oxygen atoms in total. The van der Waals surface area contributed by atoms with Gasteiger partial charge in [-0.2, -0.15) is 0 Å². The third-order valence-corrected chi connectivity index (χ3v) is 9.76. The molecule has 3 saturated heterocycles. The molecule has 0 saturated carbocycles. The lowest BCUT2D eigenvalue weighted by Gasteiger charge is -2.39. The van der Waals surface area contributed by atoms with Crippen molar-refractivity contribution in [2.75, 3.05) is 27.9 Å². The summed E-state index contributed by atoms with van der Waals surface area (Å²) in [6, 6.07) is 11.4. The summed E-state index contributed by atoms with van der Waals surface area (Å²) in [5, 5.41) is 22.0. The molecule has 2 aromatic rings. The van der Waals surface area contributed by atoms with E-state index >= 15 is 0 Å². The average Bonchev–Trinajstić information content (AvgIpc) is 3.62. The predicted octanol–water partition coefficient (Wildman–Crippen LogP) is 2.24. The summed E-state index contributed by atoms with van der Waals surface area (Å²) in [6.45, 7) is 4.62. The SMILES string of the molecule is CC(=O)OC1CC(=O)N1c1cccc(CN2C(=O)[C@](O)([C@H](C)/C=C/CC(=O)N3CCC[C@H]3CO)c3cc(N4C(=O)CC4OC(C)=O)ccc32)c1.